The van der Waals surface area contributed by atoms with Gasteiger partial charge in [0, 0.05) is 17.6 Å². The van der Waals surface area contributed by atoms with Crippen LogP contribution in [-0.2, 0) is 0 Å². The zero-order valence-electron chi connectivity index (χ0n) is 8.50. The third-order valence-electron chi connectivity index (χ3n) is 2.30. The highest BCUT2D eigenvalue weighted by molar-refractivity contribution is 5.91. The minimum atomic E-state index is 0.585. The minimum absolute atomic E-state index is 0.585. The van der Waals surface area contributed by atoms with Crippen LogP contribution in [0.3, 0.4) is 0 Å². The van der Waals surface area contributed by atoms with Crippen molar-refractivity contribution in [2.45, 2.75) is 0 Å². The SMILES string of the molecule is COc1cc(OC)c2[nH]cc(C#N)c2c1. The molecule has 0 spiro atoms. The van der Waals surface area contributed by atoms with Crippen LogP contribution in [0.2, 0.25) is 0 Å². The molecule has 0 saturated heterocycles. The topological polar surface area (TPSA) is 58.0 Å². The summed E-state index contributed by atoms with van der Waals surface area (Å²) in [5.74, 6) is 1.35. The van der Waals surface area contributed by atoms with E-state index in [1.54, 1.807) is 26.5 Å². The number of nitriles is 1. The second-order valence-electron chi connectivity index (χ2n) is 3.07. The summed E-state index contributed by atoms with van der Waals surface area (Å²) >= 11 is 0. The molecule has 0 bridgehead atoms. The van der Waals surface area contributed by atoms with Crippen molar-refractivity contribution in [3.8, 4) is 17.6 Å². The second-order valence-corrected chi connectivity index (χ2v) is 3.07. The first-order valence-corrected chi connectivity index (χ1v) is 4.43. The highest BCUT2D eigenvalue weighted by Gasteiger charge is 2.10. The lowest BCUT2D eigenvalue weighted by atomic mass is 10.1. The number of fused-ring (bicyclic) bond motifs is 1. The summed E-state index contributed by atoms with van der Waals surface area (Å²) in [7, 11) is 3.17. The lowest BCUT2D eigenvalue weighted by Crippen LogP contribution is -1.88. The first-order chi connectivity index (χ1) is 7.30. The van der Waals surface area contributed by atoms with Gasteiger partial charge >= 0.3 is 0 Å². The van der Waals surface area contributed by atoms with Crippen molar-refractivity contribution in [3.05, 3.63) is 23.9 Å². The molecule has 0 aliphatic rings. The zero-order valence-corrected chi connectivity index (χ0v) is 8.50. The van der Waals surface area contributed by atoms with Gasteiger partial charge in [-0.2, -0.15) is 5.26 Å². The molecular formula is C11H10N2O2. The van der Waals surface area contributed by atoms with Gasteiger partial charge in [0.05, 0.1) is 25.3 Å². The maximum atomic E-state index is 8.90. The smallest absolute Gasteiger partial charge is 0.146 e. The van der Waals surface area contributed by atoms with E-state index in [0.717, 1.165) is 10.9 Å². The van der Waals surface area contributed by atoms with Crippen LogP contribution in [0.4, 0.5) is 0 Å². The van der Waals surface area contributed by atoms with Crippen molar-refractivity contribution in [2.75, 3.05) is 14.2 Å². The molecule has 2 rings (SSSR count). The minimum Gasteiger partial charge on any atom is -0.497 e. The Labute approximate surface area is 87.0 Å². The Kier molecular flexibility index (Phi) is 2.22. The van der Waals surface area contributed by atoms with Gasteiger partial charge in [0.15, 0.2) is 0 Å². The quantitative estimate of drug-likeness (QED) is 0.810. The molecule has 15 heavy (non-hydrogen) atoms. The van der Waals surface area contributed by atoms with E-state index in [2.05, 4.69) is 11.1 Å². The van der Waals surface area contributed by atoms with Gasteiger partial charge in [0.2, 0.25) is 0 Å². The fraction of sp³-hybridized carbons (Fsp3) is 0.182. The molecule has 4 heteroatoms. The predicted molar refractivity (Wildman–Crippen MR) is 56.1 cm³/mol. The molecule has 0 radical (unpaired) electrons. The summed E-state index contributed by atoms with van der Waals surface area (Å²) in [6, 6.07) is 5.70. The maximum absolute atomic E-state index is 8.90. The standard InChI is InChI=1S/C11H10N2O2/c1-14-8-3-9-7(5-12)6-13-11(9)10(4-8)15-2/h3-4,6,13H,1-2H3. The molecule has 1 aromatic carbocycles. The highest BCUT2D eigenvalue weighted by Crippen LogP contribution is 2.31. The van der Waals surface area contributed by atoms with E-state index >= 15 is 0 Å². The van der Waals surface area contributed by atoms with Crippen molar-refractivity contribution in [3.63, 3.8) is 0 Å². The molecule has 0 unspecified atom stereocenters. The Hall–Kier alpha value is -2.15. The van der Waals surface area contributed by atoms with Gasteiger partial charge in [0.25, 0.3) is 0 Å². The Bertz CT molecular complexity index is 537. The predicted octanol–water partition coefficient (Wildman–Crippen LogP) is 2.06. The number of nitrogens with one attached hydrogen (secondary N) is 1. The van der Waals surface area contributed by atoms with Crippen molar-refractivity contribution in [2.24, 2.45) is 0 Å². The van der Waals surface area contributed by atoms with Gasteiger partial charge in [-0.15, -0.1) is 0 Å². The number of H-pyrrole nitrogens is 1. The number of methoxy groups -OCH3 is 2. The molecule has 2 aromatic rings. The fourth-order valence-electron chi connectivity index (χ4n) is 1.54. The number of benzene rings is 1. The fourth-order valence-corrected chi connectivity index (χ4v) is 1.54. The Morgan fingerprint density at radius 2 is 2.07 bits per heavy atom. The van der Waals surface area contributed by atoms with E-state index in [0.29, 0.717) is 17.1 Å². The summed E-state index contributed by atoms with van der Waals surface area (Å²) in [6.45, 7) is 0. The third kappa shape index (κ3) is 1.38. The molecule has 0 fully saturated rings. The monoisotopic (exact) mass is 202 g/mol. The largest absolute Gasteiger partial charge is 0.497 e. The van der Waals surface area contributed by atoms with Gasteiger partial charge in [-0.3, -0.25) is 0 Å². The Morgan fingerprint density at radius 1 is 1.27 bits per heavy atom. The van der Waals surface area contributed by atoms with Crippen LogP contribution in [0.25, 0.3) is 10.9 Å². The lowest BCUT2D eigenvalue weighted by Gasteiger charge is -2.05. The van der Waals surface area contributed by atoms with Crippen LogP contribution in [0.15, 0.2) is 18.3 Å². The number of aromatic nitrogens is 1. The van der Waals surface area contributed by atoms with Crippen LogP contribution in [-0.4, -0.2) is 19.2 Å². The van der Waals surface area contributed by atoms with Crippen LogP contribution in [0.5, 0.6) is 11.5 Å². The molecular weight excluding hydrogens is 192 g/mol. The van der Waals surface area contributed by atoms with Crippen LogP contribution < -0.4 is 9.47 Å². The number of hydrogen-bond acceptors (Lipinski definition) is 3. The van der Waals surface area contributed by atoms with E-state index in [-0.39, 0.29) is 0 Å². The number of aromatic amines is 1. The van der Waals surface area contributed by atoms with Gasteiger partial charge in [-0.05, 0) is 6.07 Å². The molecule has 1 aromatic heterocycles. The summed E-state index contributed by atoms with van der Waals surface area (Å²) in [5.41, 5.74) is 1.40. The molecule has 0 atom stereocenters. The summed E-state index contributed by atoms with van der Waals surface area (Å²) in [6.07, 6.45) is 1.66. The van der Waals surface area contributed by atoms with Crippen molar-refractivity contribution in [1.82, 2.24) is 4.98 Å². The number of ether oxygens (including phenoxy) is 2. The Balaban J connectivity index is 2.79. The maximum Gasteiger partial charge on any atom is 0.146 e. The van der Waals surface area contributed by atoms with Gasteiger partial charge in [0.1, 0.15) is 17.6 Å². The summed E-state index contributed by atoms with van der Waals surface area (Å²) in [5, 5.41) is 9.71. The molecule has 76 valence electrons. The van der Waals surface area contributed by atoms with Gasteiger partial charge < -0.3 is 14.5 Å². The van der Waals surface area contributed by atoms with Crippen LogP contribution in [0, 0.1) is 11.3 Å². The van der Waals surface area contributed by atoms with Crippen LogP contribution in [0.1, 0.15) is 5.56 Å². The number of rotatable bonds is 2. The molecule has 0 saturated carbocycles. The van der Waals surface area contributed by atoms with Crippen molar-refractivity contribution >= 4 is 10.9 Å². The lowest BCUT2D eigenvalue weighted by molar-refractivity contribution is 0.397. The Morgan fingerprint density at radius 3 is 2.67 bits per heavy atom. The van der Waals surface area contributed by atoms with Crippen molar-refractivity contribution in [1.29, 1.82) is 5.26 Å². The van der Waals surface area contributed by atoms with Gasteiger partial charge in [-0.1, -0.05) is 0 Å². The summed E-state index contributed by atoms with van der Waals surface area (Å²) in [4.78, 5) is 3.01. The number of nitrogens with zero attached hydrogens (tertiary/aromatic N) is 1. The zero-order chi connectivity index (χ0) is 10.8. The van der Waals surface area contributed by atoms with Gasteiger partial charge in [-0.25, -0.2) is 0 Å². The average Bonchev–Trinajstić information content (AvgIpc) is 2.70. The summed E-state index contributed by atoms with van der Waals surface area (Å²) < 4.78 is 10.3. The van der Waals surface area contributed by atoms with E-state index in [1.165, 1.54) is 0 Å². The first-order valence-electron chi connectivity index (χ1n) is 4.43. The molecule has 0 aliphatic carbocycles. The molecule has 1 heterocycles. The van der Waals surface area contributed by atoms with Crippen molar-refractivity contribution < 1.29 is 9.47 Å². The molecule has 0 aliphatic heterocycles. The van der Waals surface area contributed by atoms with E-state index < -0.39 is 0 Å². The average molecular weight is 202 g/mol. The highest BCUT2D eigenvalue weighted by atomic mass is 16.5. The normalized spacial score (nSPS) is 9.93. The first kappa shape index (κ1) is 9.41. The van der Waals surface area contributed by atoms with E-state index in [4.69, 9.17) is 14.7 Å². The van der Waals surface area contributed by atoms with E-state index in [1.807, 2.05) is 6.07 Å². The number of hydrogen-bond donors (Lipinski definition) is 1. The molecule has 4 nitrogen and oxygen atoms in total. The van der Waals surface area contributed by atoms with E-state index in [9.17, 15) is 0 Å². The van der Waals surface area contributed by atoms with Crippen LogP contribution >= 0.6 is 0 Å². The molecule has 1 N–H and O–H groups in total. The third-order valence-corrected chi connectivity index (χ3v) is 2.30. The second kappa shape index (κ2) is 3.54. The molecule has 0 amide bonds.